The predicted molar refractivity (Wildman–Crippen MR) is 173 cm³/mol. The molecule has 43 heavy (non-hydrogen) atoms. The predicted octanol–water partition coefficient (Wildman–Crippen LogP) is 7.33. The number of anilines is 1. The number of hydrogen-bond donors (Lipinski definition) is 1. The molecule has 0 saturated heterocycles. The number of carbonyl (C=O) groups excluding carboxylic acids is 2. The highest BCUT2D eigenvalue weighted by atomic mass is 35.5. The number of nitrogens with one attached hydrogen (secondary N) is 1. The van der Waals surface area contributed by atoms with Gasteiger partial charge in [0.15, 0.2) is 0 Å². The number of rotatable bonds is 10. The largest absolute Gasteiger partial charge is 0.352 e. The summed E-state index contributed by atoms with van der Waals surface area (Å²) in [5.41, 5.74) is 2.23. The van der Waals surface area contributed by atoms with Crippen molar-refractivity contribution in [2.45, 2.75) is 76.4 Å². The van der Waals surface area contributed by atoms with Crippen LogP contribution in [0.1, 0.15) is 55.7 Å². The number of amides is 2. The second kappa shape index (κ2) is 14.3. The summed E-state index contributed by atoms with van der Waals surface area (Å²) >= 11 is 19.1. The summed E-state index contributed by atoms with van der Waals surface area (Å²) in [5.74, 6) is -0.911. The number of nitrogens with zero attached hydrogens (tertiary/aromatic N) is 2. The zero-order valence-electron chi connectivity index (χ0n) is 24.4. The van der Waals surface area contributed by atoms with Gasteiger partial charge in [-0.2, -0.15) is 0 Å². The normalized spacial score (nSPS) is 14.7. The quantitative estimate of drug-likeness (QED) is 0.246. The molecule has 4 rings (SSSR count). The van der Waals surface area contributed by atoms with Crippen LogP contribution in [0, 0.1) is 13.8 Å². The second-order valence-electron chi connectivity index (χ2n) is 11.0. The summed E-state index contributed by atoms with van der Waals surface area (Å²) in [6.07, 6.45) is 4.95. The summed E-state index contributed by atoms with van der Waals surface area (Å²) in [5, 5.41) is 4.19. The summed E-state index contributed by atoms with van der Waals surface area (Å²) in [6.45, 7) is 4.56. The standard InChI is InChI=1S/C32H36Cl3N3O4S/c1-21-12-15-26(16-13-21)43(41,42)38(30-17-14-24(33)18-22(30)2)20-31(39)37(19-27-28(34)10-7-11-29(27)35)23(3)32(40)36-25-8-5-4-6-9-25/h7,10-18,23,25H,4-6,8-9,19-20H2,1-3H3,(H,36,40)/t23-/m0/s1. The highest BCUT2D eigenvalue weighted by Gasteiger charge is 2.34. The van der Waals surface area contributed by atoms with Crippen molar-refractivity contribution < 1.29 is 18.0 Å². The molecule has 0 aromatic heterocycles. The van der Waals surface area contributed by atoms with E-state index in [0.717, 1.165) is 42.0 Å². The van der Waals surface area contributed by atoms with E-state index in [1.807, 2.05) is 6.92 Å². The molecule has 7 nitrogen and oxygen atoms in total. The number of sulfonamides is 1. The van der Waals surface area contributed by atoms with Crippen LogP contribution >= 0.6 is 34.8 Å². The maximum Gasteiger partial charge on any atom is 0.264 e. The van der Waals surface area contributed by atoms with Gasteiger partial charge in [0.25, 0.3) is 10.0 Å². The molecule has 0 unspecified atom stereocenters. The van der Waals surface area contributed by atoms with Gasteiger partial charge in [0, 0.05) is 33.2 Å². The van der Waals surface area contributed by atoms with Crippen LogP contribution in [0.15, 0.2) is 65.6 Å². The van der Waals surface area contributed by atoms with E-state index < -0.39 is 28.5 Å². The van der Waals surface area contributed by atoms with Gasteiger partial charge in [-0.05, 0) is 81.6 Å². The van der Waals surface area contributed by atoms with Crippen molar-refractivity contribution >= 4 is 62.3 Å². The Kier molecular flexibility index (Phi) is 11.0. The molecule has 0 spiro atoms. The van der Waals surface area contributed by atoms with Gasteiger partial charge in [0.2, 0.25) is 11.8 Å². The Bertz CT molecular complexity index is 1550. The second-order valence-corrected chi connectivity index (χ2v) is 14.1. The first kappa shape index (κ1) is 33.1. The van der Waals surface area contributed by atoms with Gasteiger partial charge < -0.3 is 10.2 Å². The maximum atomic E-state index is 14.2. The Morgan fingerprint density at radius 3 is 2.16 bits per heavy atom. The highest BCUT2D eigenvalue weighted by molar-refractivity contribution is 7.92. The fourth-order valence-corrected chi connectivity index (χ4v) is 7.48. The lowest BCUT2D eigenvalue weighted by Crippen LogP contribution is -2.53. The summed E-state index contributed by atoms with van der Waals surface area (Å²) in [6, 6.07) is 15.3. The van der Waals surface area contributed by atoms with Crippen LogP contribution in [0.5, 0.6) is 0 Å². The molecule has 2 amide bonds. The molecule has 1 atom stereocenters. The fraction of sp³-hybridized carbons (Fsp3) is 0.375. The molecule has 0 aliphatic heterocycles. The fourth-order valence-electron chi connectivity index (χ4n) is 5.25. The molecular formula is C32H36Cl3N3O4S. The molecule has 1 N–H and O–H groups in total. The van der Waals surface area contributed by atoms with Crippen molar-refractivity contribution in [1.82, 2.24) is 10.2 Å². The Balaban J connectivity index is 1.73. The first-order valence-electron chi connectivity index (χ1n) is 14.3. The van der Waals surface area contributed by atoms with E-state index in [2.05, 4.69) is 5.32 Å². The summed E-state index contributed by atoms with van der Waals surface area (Å²) in [4.78, 5) is 29.1. The first-order chi connectivity index (χ1) is 20.4. The van der Waals surface area contributed by atoms with Crippen molar-refractivity contribution in [3.05, 3.63) is 92.4 Å². The lowest BCUT2D eigenvalue weighted by atomic mass is 9.95. The maximum absolute atomic E-state index is 14.2. The van der Waals surface area contributed by atoms with Crippen molar-refractivity contribution in [3.63, 3.8) is 0 Å². The highest BCUT2D eigenvalue weighted by Crippen LogP contribution is 2.31. The molecular weight excluding hydrogens is 629 g/mol. The average Bonchev–Trinajstić information content (AvgIpc) is 2.96. The Morgan fingerprint density at radius 2 is 1.56 bits per heavy atom. The van der Waals surface area contributed by atoms with Gasteiger partial charge in [-0.3, -0.25) is 13.9 Å². The summed E-state index contributed by atoms with van der Waals surface area (Å²) in [7, 11) is -4.20. The third kappa shape index (κ3) is 8.04. The van der Waals surface area contributed by atoms with Crippen LogP contribution in [0.2, 0.25) is 15.1 Å². The molecule has 3 aromatic carbocycles. The molecule has 230 valence electrons. The van der Waals surface area contributed by atoms with E-state index in [1.165, 1.54) is 17.0 Å². The smallest absolute Gasteiger partial charge is 0.264 e. The monoisotopic (exact) mass is 663 g/mol. The molecule has 1 saturated carbocycles. The van der Waals surface area contributed by atoms with Crippen molar-refractivity contribution in [2.24, 2.45) is 0 Å². The molecule has 1 aliphatic rings. The van der Waals surface area contributed by atoms with Crippen LogP contribution in [-0.4, -0.2) is 43.8 Å². The van der Waals surface area contributed by atoms with E-state index in [0.29, 0.717) is 31.9 Å². The van der Waals surface area contributed by atoms with Gasteiger partial charge >= 0.3 is 0 Å². The van der Waals surface area contributed by atoms with E-state index in [4.69, 9.17) is 34.8 Å². The van der Waals surface area contributed by atoms with E-state index in [9.17, 15) is 18.0 Å². The van der Waals surface area contributed by atoms with Gasteiger partial charge in [-0.25, -0.2) is 8.42 Å². The topological polar surface area (TPSA) is 86.8 Å². The van der Waals surface area contributed by atoms with Crippen molar-refractivity contribution in [3.8, 4) is 0 Å². The third-order valence-electron chi connectivity index (χ3n) is 7.82. The SMILES string of the molecule is Cc1ccc(S(=O)(=O)N(CC(=O)N(Cc2c(Cl)cccc2Cl)[C@@H](C)C(=O)NC2CCCCC2)c2ccc(Cl)cc2C)cc1. The average molecular weight is 665 g/mol. The molecule has 0 bridgehead atoms. The Hall–Kier alpha value is -2.78. The van der Waals surface area contributed by atoms with Crippen LogP contribution in [0.4, 0.5) is 5.69 Å². The molecule has 0 heterocycles. The number of aryl methyl sites for hydroxylation is 2. The molecule has 1 fully saturated rings. The minimum absolute atomic E-state index is 0.0275. The van der Waals surface area contributed by atoms with Crippen LogP contribution in [0.3, 0.4) is 0 Å². The zero-order chi connectivity index (χ0) is 31.3. The van der Waals surface area contributed by atoms with Crippen LogP contribution in [-0.2, 0) is 26.2 Å². The number of carbonyl (C=O) groups is 2. The Labute approximate surface area is 269 Å². The minimum atomic E-state index is -4.20. The molecule has 3 aromatic rings. The third-order valence-corrected chi connectivity index (χ3v) is 10.5. The Morgan fingerprint density at radius 1 is 0.930 bits per heavy atom. The summed E-state index contributed by atoms with van der Waals surface area (Å²) < 4.78 is 29.2. The van der Waals surface area contributed by atoms with Crippen LogP contribution in [0.25, 0.3) is 0 Å². The van der Waals surface area contributed by atoms with Gasteiger partial charge in [-0.1, -0.05) is 77.8 Å². The minimum Gasteiger partial charge on any atom is -0.352 e. The van der Waals surface area contributed by atoms with E-state index in [-0.39, 0.29) is 23.4 Å². The van der Waals surface area contributed by atoms with Gasteiger partial charge in [0.05, 0.1) is 10.6 Å². The van der Waals surface area contributed by atoms with E-state index >= 15 is 0 Å². The lowest BCUT2D eigenvalue weighted by Gasteiger charge is -2.34. The van der Waals surface area contributed by atoms with Gasteiger partial charge in [-0.15, -0.1) is 0 Å². The first-order valence-corrected chi connectivity index (χ1v) is 16.8. The van der Waals surface area contributed by atoms with Crippen molar-refractivity contribution in [2.75, 3.05) is 10.8 Å². The lowest BCUT2D eigenvalue weighted by molar-refractivity contribution is -0.139. The number of halogens is 3. The molecule has 1 aliphatic carbocycles. The van der Waals surface area contributed by atoms with E-state index in [1.54, 1.807) is 62.4 Å². The molecule has 0 radical (unpaired) electrons. The zero-order valence-corrected chi connectivity index (χ0v) is 27.5. The van der Waals surface area contributed by atoms with Crippen molar-refractivity contribution in [1.29, 1.82) is 0 Å². The number of hydrogen-bond acceptors (Lipinski definition) is 4. The molecule has 11 heteroatoms. The number of benzene rings is 3. The van der Waals surface area contributed by atoms with Gasteiger partial charge in [0.1, 0.15) is 12.6 Å². The van der Waals surface area contributed by atoms with Crippen LogP contribution < -0.4 is 9.62 Å².